The van der Waals surface area contributed by atoms with Gasteiger partial charge in [0.25, 0.3) is 5.91 Å². The number of pyridine rings is 1. The topological polar surface area (TPSA) is 124 Å². The van der Waals surface area contributed by atoms with Gasteiger partial charge >= 0.3 is 0 Å². The highest BCUT2D eigenvalue weighted by Gasteiger charge is 2.24. The van der Waals surface area contributed by atoms with Gasteiger partial charge in [-0.3, -0.25) is 9.48 Å². The summed E-state index contributed by atoms with van der Waals surface area (Å²) in [6, 6.07) is 6.59. The first-order valence-corrected chi connectivity index (χ1v) is 9.63. The summed E-state index contributed by atoms with van der Waals surface area (Å²) < 4.78 is 16.4. The number of aromatic nitrogens is 3. The molecule has 1 aromatic carbocycles. The van der Waals surface area contributed by atoms with E-state index in [4.69, 9.17) is 11.5 Å². The van der Waals surface area contributed by atoms with Crippen LogP contribution in [0.1, 0.15) is 36.0 Å². The minimum atomic E-state index is -0.763. The number of fused-ring (bicyclic) bond motifs is 1. The summed E-state index contributed by atoms with van der Waals surface area (Å²) in [6.45, 7) is 0. The maximum Gasteiger partial charge on any atom is 0.252 e. The molecule has 9 heteroatoms. The van der Waals surface area contributed by atoms with Crippen molar-refractivity contribution in [3.63, 3.8) is 0 Å². The molecule has 0 aliphatic heterocycles. The van der Waals surface area contributed by atoms with E-state index in [1.165, 1.54) is 0 Å². The lowest BCUT2D eigenvalue weighted by molar-refractivity contribution is 0.100. The zero-order chi connectivity index (χ0) is 20.5. The second-order valence-corrected chi connectivity index (χ2v) is 7.45. The molecule has 152 valence electrons. The maximum atomic E-state index is 14.6. The molecule has 8 nitrogen and oxygen atoms in total. The predicted octanol–water partition coefficient (Wildman–Crippen LogP) is 2.63. The first kappa shape index (κ1) is 19.1. The second-order valence-electron chi connectivity index (χ2n) is 7.45. The molecule has 1 amide bonds. The van der Waals surface area contributed by atoms with Crippen LogP contribution in [-0.2, 0) is 7.05 Å². The van der Waals surface area contributed by atoms with Crippen LogP contribution >= 0.6 is 0 Å². The third-order valence-corrected chi connectivity index (χ3v) is 5.39. The van der Waals surface area contributed by atoms with Gasteiger partial charge < -0.3 is 22.1 Å². The van der Waals surface area contributed by atoms with Gasteiger partial charge in [0.2, 0.25) is 0 Å². The minimum absolute atomic E-state index is 0.0221. The molecule has 2 aromatic heterocycles. The number of hydrogen-bond acceptors (Lipinski definition) is 6. The zero-order valence-electron chi connectivity index (χ0n) is 16.2. The standard InChI is InChI=1S/C20H24FN7O/c1-28-17-8-12(7-6-11(17)10-24-28)25-19-13(18(23)29)9-14(21)20(27-19)26-16-5-3-2-4-15(16)22/h6-10,15-16H,2-5,22H2,1H3,(H2,23,29)(H2,25,26,27)/t15-,16+/m0/s1. The van der Waals surface area contributed by atoms with Crippen molar-refractivity contribution in [2.75, 3.05) is 10.6 Å². The SMILES string of the molecule is Cn1ncc2ccc(Nc3nc(N[C@@H]4CCCC[C@@H]4N)c(F)cc3C(N)=O)cc21. The van der Waals surface area contributed by atoms with Crippen LogP contribution in [0.2, 0.25) is 0 Å². The van der Waals surface area contributed by atoms with Crippen molar-refractivity contribution < 1.29 is 9.18 Å². The molecule has 2 atom stereocenters. The summed E-state index contributed by atoms with van der Waals surface area (Å²) >= 11 is 0. The molecule has 6 N–H and O–H groups in total. The first-order valence-electron chi connectivity index (χ1n) is 9.63. The zero-order valence-corrected chi connectivity index (χ0v) is 16.2. The number of nitrogens with zero attached hydrogens (tertiary/aromatic N) is 3. The summed E-state index contributed by atoms with van der Waals surface area (Å²) in [5, 5.41) is 11.4. The van der Waals surface area contributed by atoms with Crippen LogP contribution in [0.4, 0.5) is 21.7 Å². The summed E-state index contributed by atoms with van der Waals surface area (Å²) in [5.74, 6) is -1.15. The van der Waals surface area contributed by atoms with Crippen molar-refractivity contribution in [3.05, 3.63) is 41.8 Å². The van der Waals surface area contributed by atoms with E-state index in [-0.39, 0.29) is 29.3 Å². The number of primary amides is 1. The van der Waals surface area contributed by atoms with Crippen LogP contribution in [-0.4, -0.2) is 32.8 Å². The molecular formula is C20H24FN7O. The van der Waals surface area contributed by atoms with Gasteiger partial charge in [0.1, 0.15) is 5.82 Å². The van der Waals surface area contributed by atoms with Crippen LogP contribution in [0.5, 0.6) is 0 Å². The number of benzene rings is 1. The summed E-state index contributed by atoms with van der Waals surface area (Å²) in [7, 11) is 1.84. The average molecular weight is 397 g/mol. The van der Waals surface area contributed by atoms with Gasteiger partial charge in [-0.15, -0.1) is 0 Å². The lowest BCUT2D eigenvalue weighted by Gasteiger charge is -2.30. The fourth-order valence-corrected chi connectivity index (χ4v) is 3.75. The van der Waals surface area contributed by atoms with Crippen LogP contribution < -0.4 is 22.1 Å². The highest BCUT2D eigenvalue weighted by Crippen LogP contribution is 2.28. The van der Waals surface area contributed by atoms with E-state index in [9.17, 15) is 9.18 Å². The number of anilines is 3. The Bertz CT molecular complexity index is 1060. The van der Waals surface area contributed by atoms with Crippen molar-refractivity contribution in [1.82, 2.24) is 14.8 Å². The van der Waals surface area contributed by atoms with Gasteiger partial charge in [0, 0.05) is 30.2 Å². The van der Waals surface area contributed by atoms with Crippen LogP contribution in [0.3, 0.4) is 0 Å². The lowest BCUT2D eigenvalue weighted by Crippen LogP contribution is -2.43. The van der Waals surface area contributed by atoms with E-state index in [2.05, 4.69) is 20.7 Å². The summed E-state index contributed by atoms with van der Waals surface area (Å²) in [5.41, 5.74) is 13.2. The van der Waals surface area contributed by atoms with Gasteiger partial charge in [0.15, 0.2) is 11.6 Å². The summed E-state index contributed by atoms with van der Waals surface area (Å²) in [6.07, 6.45) is 5.59. The average Bonchev–Trinajstić information content (AvgIpc) is 3.06. The van der Waals surface area contributed by atoms with Crippen LogP contribution in [0.15, 0.2) is 30.5 Å². The number of halogens is 1. The van der Waals surface area contributed by atoms with E-state index in [0.717, 1.165) is 42.7 Å². The molecule has 1 saturated carbocycles. The number of rotatable bonds is 5. The maximum absolute atomic E-state index is 14.6. The Morgan fingerprint density at radius 2 is 2.03 bits per heavy atom. The molecule has 0 spiro atoms. The molecule has 1 fully saturated rings. The van der Waals surface area contributed by atoms with Crippen molar-refractivity contribution in [2.45, 2.75) is 37.8 Å². The third kappa shape index (κ3) is 3.86. The molecule has 0 unspecified atom stereocenters. The normalized spacial score (nSPS) is 19.3. The van der Waals surface area contributed by atoms with Crippen LogP contribution in [0.25, 0.3) is 10.9 Å². The van der Waals surface area contributed by atoms with E-state index >= 15 is 0 Å². The van der Waals surface area contributed by atoms with Gasteiger partial charge in [-0.05, 0) is 37.1 Å². The Kier molecular flexibility index (Phi) is 5.06. The van der Waals surface area contributed by atoms with Crippen molar-refractivity contribution >= 4 is 34.1 Å². The number of carbonyl (C=O) groups excluding carboxylic acids is 1. The molecule has 0 bridgehead atoms. The Balaban J connectivity index is 1.68. The number of hydrogen-bond donors (Lipinski definition) is 4. The highest BCUT2D eigenvalue weighted by atomic mass is 19.1. The molecule has 29 heavy (non-hydrogen) atoms. The van der Waals surface area contributed by atoms with Gasteiger partial charge in [-0.2, -0.15) is 5.10 Å². The van der Waals surface area contributed by atoms with E-state index in [0.29, 0.717) is 5.69 Å². The fourth-order valence-electron chi connectivity index (χ4n) is 3.75. The largest absolute Gasteiger partial charge is 0.365 e. The second kappa shape index (κ2) is 7.67. The monoisotopic (exact) mass is 397 g/mol. The molecular weight excluding hydrogens is 373 g/mol. The molecule has 1 aliphatic carbocycles. The number of carbonyl (C=O) groups is 1. The number of aryl methyl sites for hydroxylation is 1. The van der Waals surface area contributed by atoms with Crippen molar-refractivity contribution in [3.8, 4) is 0 Å². The van der Waals surface area contributed by atoms with Crippen molar-refractivity contribution in [2.24, 2.45) is 18.5 Å². The number of amides is 1. The lowest BCUT2D eigenvalue weighted by atomic mass is 9.91. The highest BCUT2D eigenvalue weighted by molar-refractivity contribution is 5.99. The quantitative estimate of drug-likeness (QED) is 0.525. The molecule has 4 rings (SSSR count). The molecule has 0 saturated heterocycles. The van der Waals surface area contributed by atoms with E-state index in [1.54, 1.807) is 10.9 Å². The minimum Gasteiger partial charge on any atom is -0.365 e. The third-order valence-electron chi connectivity index (χ3n) is 5.39. The fraction of sp³-hybridized carbons (Fsp3) is 0.350. The van der Waals surface area contributed by atoms with Crippen LogP contribution in [0, 0.1) is 5.82 Å². The molecule has 3 aromatic rings. The molecule has 0 radical (unpaired) electrons. The number of nitrogens with one attached hydrogen (secondary N) is 2. The van der Waals surface area contributed by atoms with Gasteiger partial charge in [0.05, 0.1) is 17.3 Å². The van der Waals surface area contributed by atoms with Gasteiger partial charge in [-0.25, -0.2) is 9.37 Å². The molecule has 1 aliphatic rings. The van der Waals surface area contributed by atoms with E-state index in [1.807, 2.05) is 25.2 Å². The van der Waals surface area contributed by atoms with Gasteiger partial charge in [-0.1, -0.05) is 12.8 Å². The van der Waals surface area contributed by atoms with Crippen molar-refractivity contribution in [1.29, 1.82) is 0 Å². The van der Waals surface area contributed by atoms with E-state index < -0.39 is 11.7 Å². The number of nitrogens with two attached hydrogens (primary N) is 2. The smallest absolute Gasteiger partial charge is 0.252 e. The Labute approximate surface area is 167 Å². The predicted molar refractivity (Wildman–Crippen MR) is 111 cm³/mol. The Hall–Kier alpha value is -3.20. The molecule has 2 heterocycles. The Morgan fingerprint density at radius 1 is 1.24 bits per heavy atom. The first-order chi connectivity index (χ1) is 13.9. The summed E-state index contributed by atoms with van der Waals surface area (Å²) in [4.78, 5) is 16.2. The Morgan fingerprint density at radius 3 is 2.79 bits per heavy atom.